The molecule has 1 aromatic carbocycles. The number of carbonyl (C=O) groups is 1. The molecule has 1 aromatic rings. The fourth-order valence-corrected chi connectivity index (χ4v) is 0.752. The minimum atomic E-state index is -2.99. The molecule has 4 heteroatoms. The number of phenols is 1. The van der Waals surface area contributed by atoms with Crippen LogP contribution in [0.1, 0.15) is 10.4 Å². The van der Waals surface area contributed by atoms with Crippen molar-refractivity contribution in [2.75, 3.05) is 0 Å². The molecule has 0 aliphatic carbocycles. The summed E-state index contributed by atoms with van der Waals surface area (Å²) in [4.78, 5) is 10.6. The van der Waals surface area contributed by atoms with E-state index in [0.717, 1.165) is 12.1 Å². The Hall–Kier alpha value is -1.45. The smallest absolute Gasteiger partial charge is 0.300 e. The van der Waals surface area contributed by atoms with Gasteiger partial charge < -0.3 is 5.11 Å². The van der Waals surface area contributed by atoms with Crippen molar-refractivity contribution in [3.8, 4) is 5.75 Å². The van der Waals surface area contributed by atoms with Gasteiger partial charge in [0, 0.05) is 5.56 Å². The van der Waals surface area contributed by atoms with E-state index in [4.69, 9.17) is 5.11 Å². The summed E-state index contributed by atoms with van der Waals surface area (Å²) in [7, 11) is 0. The largest absolute Gasteiger partial charge is 0.508 e. The van der Waals surface area contributed by atoms with E-state index >= 15 is 0 Å². The van der Waals surface area contributed by atoms with Crippen molar-refractivity contribution in [2.45, 2.75) is 6.43 Å². The lowest BCUT2D eigenvalue weighted by Crippen LogP contribution is -2.09. The fourth-order valence-electron chi connectivity index (χ4n) is 0.752. The molecule has 0 saturated carbocycles. The van der Waals surface area contributed by atoms with Gasteiger partial charge in [-0.3, -0.25) is 4.79 Å². The summed E-state index contributed by atoms with van der Waals surface area (Å²) in [5.41, 5.74) is -0.0946. The van der Waals surface area contributed by atoms with Crippen LogP contribution in [0.4, 0.5) is 8.78 Å². The standard InChI is InChI=1S/C8H6F2O2/c9-8(10)7(12)5-1-3-6(11)4-2-5/h1-4,8,11H. The monoisotopic (exact) mass is 172 g/mol. The van der Waals surface area contributed by atoms with Gasteiger partial charge in [-0.05, 0) is 24.3 Å². The third-order valence-corrected chi connectivity index (χ3v) is 1.35. The molecule has 0 radical (unpaired) electrons. The topological polar surface area (TPSA) is 37.3 Å². The van der Waals surface area contributed by atoms with Gasteiger partial charge in [0.05, 0.1) is 0 Å². The highest BCUT2D eigenvalue weighted by Crippen LogP contribution is 2.12. The van der Waals surface area contributed by atoms with Crippen LogP contribution >= 0.6 is 0 Å². The van der Waals surface area contributed by atoms with Crippen molar-refractivity contribution < 1.29 is 18.7 Å². The van der Waals surface area contributed by atoms with Crippen LogP contribution in [-0.4, -0.2) is 17.3 Å². The minimum Gasteiger partial charge on any atom is -0.508 e. The Morgan fingerprint density at radius 3 is 2.17 bits per heavy atom. The molecule has 1 N–H and O–H groups in total. The van der Waals surface area contributed by atoms with Gasteiger partial charge in [0.2, 0.25) is 5.78 Å². The summed E-state index contributed by atoms with van der Waals surface area (Å²) in [5, 5.41) is 8.78. The number of Topliss-reactive ketones (excluding diaryl/α,β-unsaturated/α-hetero) is 1. The molecule has 0 heterocycles. The maximum atomic E-state index is 11.8. The second-order valence-electron chi connectivity index (χ2n) is 2.21. The predicted molar refractivity (Wildman–Crippen MR) is 38.4 cm³/mol. The van der Waals surface area contributed by atoms with E-state index in [1.807, 2.05) is 0 Å². The molecule has 0 fully saturated rings. The van der Waals surface area contributed by atoms with Gasteiger partial charge >= 0.3 is 6.43 Å². The van der Waals surface area contributed by atoms with Crippen LogP contribution in [0.25, 0.3) is 0 Å². The third kappa shape index (κ3) is 1.78. The molecule has 0 amide bonds. The number of alkyl halides is 2. The summed E-state index contributed by atoms with van der Waals surface area (Å²) in [6, 6.07) is 4.69. The van der Waals surface area contributed by atoms with Crippen molar-refractivity contribution in [1.82, 2.24) is 0 Å². The van der Waals surface area contributed by atoms with E-state index in [2.05, 4.69) is 0 Å². The van der Waals surface area contributed by atoms with Crippen molar-refractivity contribution in [3.05, 3.63) is 29.8 Å². The van der Waals surface area contributed by atoms with E-state index in [-0.39, 0.29) is 11.3 Å². The van der Waals surface area contributed by atoms with Crippen LogP contribution in [-0.2, 0) is 0 Å². The normalized spacial score (nSPS) is 10.2. The quantitative estimate of drug-likeness (QED) is 0.691. The summed E-state index contributed by atoms with van der Waals surface area (Å²) in [5.74, 6) is -1.28. The first-order valence-electron chi connectivity index (χ1n) is 3.22. The Morgan fingerprint density at radius 1 is 1.25 bits per heavy atom. The SMILES string of the molecule is O=C(c1ccc(O)cc1)C(F)F. The van der Waals surface area contributed by atoms with Crippen LogP contribution in [0.5, 0.6) is 5.75 Å². The highest BCUT2D eigenvalue weighted by atomic mass is 19.3. The Kier molecular flexibility index (Phi) is 2.38. The molecule has 64 valence electrons. The summed E-state index contributed by atoms with van der Waals surface area (Å²) < 4.78 is 23.6. The zero-order valence-corrected chi connectivity index (χ0v) is 6.00. The lowest BCUT2D eigenvalue weighted by Gasteiger charge is -1.98. The summed E-state index contributed by atoms with van der Waals surface area (Å²) >= 11 is 0. The van der Waals surface area contributed by atoms with Gasteiger partial charge in [-0.2, -0.15) is 0 Å². The van der Waals surface area contributed by atoms with Crippen molar-refractivity contribution in [3.63, 3.8) is 0 Å². The molecule has 1 rings (SSSR count). The minimum absolute atomic E-state index is 0.0548. The maximum Gasteiger partial charge on any atom is 0.300 e. The van der Waals surface area contributed by atoms with Gasteiger partial charge in [-0.1, -0.05) is 0 Å². The third-order valence-electron chi connectivity index (χ3n) is 1.35. The van der Waals surface area contributed by atoms with Crippen LogP contribution in [0, 0.1) is 0 Å². The summed E-state index contributed by atoms with van der Waals surface area (Å²) in [6.07, 6.45) is -2.99. The molecule has 0 bridgehead atoms. The highest BCUT2D eigenvalue weighted by Gasteiger charge is 2.16. The first kappa shape index (κ1) is 8.64. The lowest BCUT2D eigenvalue weighted by molar-refractivity contribution is 0.0678. The number of rotatable bonds is 2. The zero-order chi connectivity index (χ0) is 9.14. The molecule has 0 spiro atoms. The van der Waals surface area contributed by atoms with E-state index in [9.17, 15) is 13.6 Å². The van der Waals surface area contributed by atoms with Gasteiger partial charge in [0.25, 0.3) is 0 Å². The molecular formula is C8H6F2O2. The number of hydrogen-bond donors (Lipinski definition) is 1. The lowest BCUT2D eigenvalue weighted by atomic mass is 10.1. The van der Waals surface area contributed by atoms with Gasteiger partial charge in [0.1, 0.15) is 5.75 Å². The predicted octanol–water partition coefficient (Wildman–Crippen LogP) is 1.84. The first-order valence-corrected chi connectivity index (χ1v) is 3.22. The number of halogens is 2. The Morgan fingerprint density at radius 2 is 1.75 bits per heavy atom. The van der Waals surface area contributed by atoms with E-state index in [1.165, 1.54) is 12.1 Å². The molecule has 12 heavy (non-hydrogen) atoms. The summed E-state index contributed by atoms with van der Waals surface area (Å²) in [6.45, 7) is 0. The Labute approximate surface area is 67.4 Å². The molecule has 0 aliphatic rings. The molecule has 0 atom stereocenters. The average molecular weight is 172 g/mol. The molecule has 0 unspecified atom stereocenters. The van der Waals surface area contributed by atoms with Crippen LogP contribution < -0.4 is 0 Å². The van der Waals surface area contributed by atoms with Crippen LogP contribution in [0.2, 0.25) is 0 Å². The second kappa shape index (κ2) is 3.30. The molecule has 2 nitrogen and oxygen atoms in total. The number of ketones is 1. The van der Waals surface area contributed by atoms with Crippen LogP contribution in [0.3, 0.4) is 0 Å². The maximum absolute atomic E-state index is 11.8. The van der Waals surface area contributed by atoms with Gasteiger partial charge in [-0.25, -0.2) is 8.78 Å². The number of hydrogen-bond acceptors (Lipinski definition) is 2. The molecular weight excluding hydrogens is 166 g/mol. The van der Waals surface area contributed by atoms with E-state index < -0.39 is 12.2 Å². The number of carbonyl (C=O) groups excluding carboxylic acids is 1. The fraction of sp³-hybridized carbons (Fsp3) is 0.125. The first-order chi connectivity index (χ1) is 5.61. The Balaban J connectivity index is 2.90. The number of benzene rings is 1. The van der Waals surface area contributed by atoms with Gasteiger partial charge in [0.15, 0.2) is 0 Å². The average Bonchev–Trinajstić information content (AvgIpc) is 2.04. The molecule has 0 aliphatic heterocycles. The van der Waals surface area contributed by atoms with Gasteiger partial charge in [-0.15, -0.1) is 0 Å². The number of aromatic hydroxyl groups is 1. The van der Waals surface area contributed by atoms with Crippen molar-refractivity contribution in [1.29, 1.82) is 0 Å². The zero-order valence-electron chi connectivity index (χ0n) is 6.00. The Bertz CT molecular complexity index is 280. The second-order valence-corrected chi connectivity index (χ2v) is 2.21. The molecule has 0 saturated heterocycles. The van der Waals surface area contributed by atoms with Crippen molar-refractivity contribution >= 4 is 5.78 Å². The molecule has 0 aromatic heterocycles. The van der Waals surface area contributed by atoms with E-state index in [1.54, 1.807) is 0 Å². The highest BCUT2D eigenvalue weighted by molar-refractivity contribution is 5.98. The van der Waals surface area contributed by atoms with E-state index in [0.29, 0.717) is 0 Å². The van der Waals surface area contributed by atoms with Crippen LogP contribution in [0.15, 0.2) is 24.3 Å². The van der Waals surface area contributed by atoms with Crippen molar-refractivity contribution in [2.24, 2.45) is 0 Å². The number of phenolic OH excluding ortho intramolecular Hbond substituents is 1.